The van der Waals surface area contributed by atoms with Gasteiger partial charge in [0.05, 0.1) is 12.3 Å². The lowest BCUT2D eigenvalue weighted by molar-refractivity contribution is -0.133. The average Bonchev–Trinajstić information content (AvgIpc) is 3.04. The number of thiophene rings is 1. The van der Waals surface area contributed by atoms with E-state index in [0.717, 1.165) is 29.6 Å². The van der Waals surface area contributed by atoms with Crippen LogP contribution in [0.5, 0.6) is 0 Å². The molecule has 9 nitrogen and oxygen atoms in total. The second kappa shape index (κ2) is 8.29. The zero-order valence-electron chi connectivity index (χ0n) is 15.9. The Morgan fingerprint density at radius 1 is 1.32 bits per heavy atom. The van der Waals surface area contributed by atoms with Crippen molar-refractivity contribution in [2.45, 2.75) is 25.8 Å². The van der Waals surface area contributed by atoms with E-state index in [9.17, 15) is 9.59 Å². The van der Waals surface area contributed by atoms with Crippen LogP contribution in [0, 0.1) is 0 Å². The Morgan fingerprint density at radius 2 is 2.00 bits per heavy atom. The molecule has 0 bridgehead atoms. The first-order valence-corrected chi connectivity index (χ1v) is 10.1. The van der Waals surface area contributed by atoms with E-state index in [-0.39, 0.29) is 12.5 Å². The number of primary amides is 1. The molecular weight excluding hydrogens is 380 g/mol. The molecule has 1 aliphatic rings. The fourth-order valence-corrected chi connectivity index (χ4v) is 4.45. The maximum atomic E-state index is 12.1. The number of hydrogen-bond acceptors (Lipinski definition) is 8. The number of fused-ring (bicyclic) bond motifs is 1. The van der Waals surface area contributed by atoms with Crippen molar-refractivity contribution in [1.29, 1.82) is 0 Å². The van der Waals surface area contributed by atoms with E-state index in [0.29, 0.717) is 41.6 Å². The maximum absolute atomic E-state index is 12.1. The Morgan fingerprint density at radius 3 is 2.57 bits per heavy atom. The van der Waals surface area contributed by atoms with Gasteiger partial charge in [0, 0.05) is 31.6 Å². The summed E-state index contributed by atoms with van der Waals surface area (Å²) in [6.07, 6.45) is 1.75. The molecule has 152 valence electrons. The van der Waals surface area contributed by atoms with Gasteiger partial charge in [-0.3, -0.25) is 9.59 Å². The van der Waals surface area contributed by atoms with Crippen LogP contribution in [0.3, 0.4) is 0 Å². The number of amides is 2. The number of carbonyl (C=O) groups excluding carboxylic acids is 2. The predicted octanol–water partition coefficient (Wildman–Crippen LogP) is -0.102. The lowest BCUT2D eigenvalue weighted by atomic mass is 10.1. The largest absolute Gasteiger partial charge is 0.397 e. The predicted molar refractivity (Wildman–Crippen MR) is 110 cm³/mol. The molecule has 0 radical (unpaired) electrons. The van der Waals surface area contributed by atoms with Crippen LogP contribution in [0.25, 0.3) is 10.2 Å². The van der Waals surface area contributed by atoms with Gasteiger partial charge in [-0.25, -0.2) is 4.98 Å². The normalized spacial score (nSPS) is 15.8. The Balaban J connectivity index is 1.88. The number of aliphatic hydroxyl groups is 1. The molecule has 28 heavy (non-hydrogen) atoms. The van der Waals surface area contributed by atoms with Crippen LogP contribution in [0.4, 0.5) is 11.5 Å². The molecule has 1 saturated heterocycles. The Kier molecular flexibility index (Phi) is 6.01. The van der Waals surface area contributed by atoms with Gasteiger partial charge < -0.3 is 32.1 Å². The van der Waals surface area contributed by atoms with Crippen LogP contribution >= 0.6 is 11.3 Å². The number of aliphatic hydroxyl groups excluding tert-OH is 1. The molecule has 0 saturated carbocycles. The molecule has 2 amide bonds. The Hall–Kier alpha value is -2.43. The molecule has 2 aromatic rings. The number of rotatable bonds is 6. The number of piperazine rings is 1. The molecule has 0 aromatic carbocycles. The van der Waals surface area contributed by atoms with Crippen molar-refractivity contribution < 1.29 is 14.7 Å². The first kappa shape index (κ1) is 20.3. The second-order valence-electron chi connectivity index (χ2n) is 6.88. The van der Waals surface area contributed by atoms with Gasteiger partial charge in [0.15, 0.2) is 0 Å². The first-order chi connectivity index (χ1) is 13.4. The van der Waals surface area contributed by atoms with E-state index in [2.05, 4.69) is 11.8 Å². The lowest BCUT2D eigenvalue weighted by Gasteiger charge is -2.36. The molecule has 0 spiro atoms. The molecule has 1 atom stereocenters. The zero-order valence-corrected chi connectivity index (χ0v) is 16.7. The van der Waals surface area contributed by atoms with Crippen molar-refractivity contribution >= 4 is 44.9 Å². The summed E-state index contributed by atoms with van der Waals surface area (Å²) in [6, 6.07) is 1.13. The molecule has 2 aromatic heterocycles. The summed E-state index contributed by atoms with van der Waals surface area (Å²) in [7, 11) is 0. The second-order valence-corrected chi connectivity index (χ2v) is 7.88. The van der Waals surface area contributed by atoms with Crippen molar-refractivity contribution in [2.24, 2.45) is 11.5 Å². The first-order valence-electron chi connectivity index (χ1n) is 9.29. The van der Waals surface area contributed by atoms with Crippen molar-refractivity contribution in [3.8, 4) is 0 Å². The lowest BCUT2D eigenvalue weighted by Crippen LogP contribution is -2.54. The summed E-state index contributed by atoms with van der Waals surface area (Å²) >= 11 is 1.22. The third kappa shape index (κ3) is 3.75. The number of nitrogens with two attached hydrogens (primary N) is 3. The molecule has 3 rings (SSSR count). The molecular formula is C18H26N6O3S. The molecule has 1 unspecified atom stereocenters. The topological polar surface area (TPSA) is 152 Å². The zero-order chi connectivity index (χ0) is 20.4. The minimum atomic E-state index is -0.876. The monoisotopic (exact) mass is 406 g/mol. The number of aryl methyl sites for hydroxylation is 1. The summed E-state index contributed by atoms with van der Waals surface area (Å²) in [6.45, 7) is 3.95. The maximum Gasteiger partial charge on any atom is 0.260 e. The fourth-order valence-electron chi connectivity index (χ4n) is 3.46. The van der Waals surface area contributed by atoms with Gasteiger partial charge in [0.25, 0.3) is 5.91 Å². The number of hydrogen-bond donors (Lipinski definition) is 4. The van der Waals surface area contributed by atoms with Gasteiger partial charge in [0.1, 0.15) is 21.6 Å². The standard InChI is InChI=1S/C18H26N6O3S/c1-2-3-10-8-12(22-17-13(10)14(20)15(28-17)16(21)26)23-4-6-24(7-5-23)18(27)11(19)9-25/h8,11,25H,2-7,9,19-20H2,1H3,(H2,21,26). The van der Waals surface area contributed by atoms with Crippen molar-refractivity contribution in [3.63, 3.8) is 0 Å². The van der Waals surface area contributed by atoms with Gasteiger partial charge in [-0.05, 0) is 18.1 Å². The summed E-state index contributed by atoms with van der Waals surface area (Å²) < 4.78 is 0. The summed E-state index contributed by atoms with van der Waals surface area (Å²) in [5, 5.41) is 9.89. The van der Waals surface area contributed by atoms with E-state index in [1.165, 1.54) is 11.3 Å². The van der Waals surface area contributed by atoms with Gasteiger partial charge in [-0.15, -0.1) is 11.3 Å². The van der Waals surface area contributed by atoms with Gasteiger partial charge in [0.2, 0.25) is 5.91 Å². The molecule has 3 heterocycles. The van der Waals surface area contributed by atoms with Gasteiger partial charge in [-0.2, -0.15) is 0 Å². The van der Waals surface area contributed by atoms with Crippen LogP contribution in [0.1, 0.15) is 28.6 Å². The Labute approximate surface area is 167 Å². The number of anilines is 2. The minimum absolute atomic E-state index is 0.241. The smallest absolute Gasteiger partial charge is 0.260 e. The quantitative estimate of drug-likeness (QED) is 0.522. The van der Waals surface area contributed by atoms with Crippen LogP contribution in [-0.4, -0.2) is 65.6 Å². The highest BCUT2D eigenvalue weighted by Gasteiger charge is 2.26. The Bertz CT molecular complexity index is 891. The van der Waals surface area contributed by atoms with Crippen LogP contribution < -0.4 is 22.1 Å². The van der Waals surface area contributed by atoms with Crippen molar-refractivity contribution in [3.05, 3.63) is 16.5 Å². The number of pyridine rings is 1. The number of nitrogen functional groups attached to an aromatic ring is 1. The van der Waals surface area contributed by atoms with Crippen LogP contribution in [0.15, 0.2) is 6.07 Å². The SMILES string of the molecule is CCCc1cc(N2CCN(C(=O)C(N)CO)CC2)nc2sc(C(N)=O)c(N)c12. The van der Waals surface area contributed by atoms with Gasteiger partial charge in [-0.1, -0.05) is 13.3 Å². The summed E-state index contributed by atoms with van der Waals surface area (Å²) in [5.74, 6) is 0.0120. The van der Waals surface area contributed by atoms with Crippen LogP contribution in [-0.2, 0) is 11.2 Å². The number of aromatic nitrogens is 1. The third-order valence-corrected chi connectivity index (χ3v) is 6.05. The average molecular weight is 407 g/mol. The third-order valence-electron chi connectivity index (χ3n) is 4.94. The molecule has 1 aliphatic heterocycles. The number of carbonyl (C=O) groups is 2. The molecule has 0 aliphatic carbocycles. The highest BCUT2D eigenvalue weighted by Crippen LogP contribution is 2.37. The summed E-state index contributed by atoms with van der Waals surface area (Å²) in [5.41, 5.74) is 18.7. The summed E-state index contributed by atoms with van der Waals surface area (Å²) in [4.78, 5) is 33.3. The van der Waals surface area contributed by atoms with Crippen molar-refractivity contribution in [1.82, 2.24) is 9.88 Å². The van der Waals surface area contributed by atoms with E-state index in [1.807, 2.05) is 6.07 Å². The molecule has 1 fully saturated rings. The van der Waals surface area contributed by atoms with Crippen LogP contribution in [0.2, 0.25) is 0 Å². The van der Waals surface area contributed by atoms with Gasteiger partial charge >= 0.3 is 0 Å². The van der Waals surface area contributed by atoms with E-state index in [1.54, 1.807) is 4.90 Å². The molecule has 10 heteroatoms. The highest BCUT2D eigenvalue weighted by molar-refractivity contribution is 7.21. The van der Waals surface area contributed by atoms with E-state index < -0.39 is 11.9 Å². The van der Waals surface area contributed by atoms with E-state index in [4.69, 9.17) is 27.3 Å². The molecule has 7 N–H and O–H groups in total. The van der Waals surface area contributed by atoms with Crippen molar-refractivity contribution in [2.75, 3.05) is 43.4 Å². The highest BCUT2D eigenvalue weighted by atomic mass is 32.1. The minimum Gasteiger partial charge on any atom is -0.397 e. The number of nitrogens with zero attached hydrogens (tertiary/aromatic N) is 3. The fraction of sp³-hybridized carbons (Fsp3) is 0.500. The van der Waals surface area contributed by atoms with E-state index >= 15 is 0 Å².